The van der Waals surface area contributed by atoms with Crippen LogP contribution in [0, 0.1) is 6.92 Å². The highest BCUT2D eigenvalue weighted by Crippen LogP contribution is 2.18. The van der Waals surface area contributed by atoms with E-state index in [0.717, 1.165) is 0 Å². The monoisotopic (exact) mass is 374 g/mol. The number of esters is 2. The fraction of sp³-hybridized carbons (Fsp3) is 0.389. The average Bonchev–Trinajstić information content (AvgIpc) is 2.86. The van der Waals surface area contributed by atoms with Crippen molar-refractivity contribution < 1.29 is 19.1 Å². The molecule has 9 heteroatoms. The lowest BCUT2D eigenvalue weighted by Gasteiger charge is -2.08. The Bertz CT molecular complexity index is 880. The Kier molecular flexibility index (Phi) is 6.64. The minimum absolute atomic E-state index is 0.0277. The topological polar surface area (TPSA) is 104 Å². The lowest BCUT2D eigenvalue weighted by Crippen LogP contribution is -2.31. The number of ether oxygens (including phenoxy) is 2. The summed E-state index contributed by atoms with van der Waals surface area (Å²) in [6, 6.07) is 7.44. The van der Waals surface area contributed by atoms with Gasteiger partial charge in [0.1, 0.15) is 0 Å². The van der Waals surface area contributed by atoms with E-state index in [1.165, 1.54) is 4.68 Å². The van der Waals surface area contributed by atoms with Crippen LogP contribution in [0.2, 0.25) is 0 Å². The van der Waals surface area contributed by atoms with E-state index in [-0.39, 0.29) is 18.9 Å². The van der Waals surface area contributed by atoms with Crippen LogP contribution in [0.1, 0.15) is 19.5 Å². The van der Waals surface area contributed by atoms with Gasteiger partial charge in [-0.15, -0.1) is 5.11 Å². The van der Waals surface area contributed by atoms with Crippen molar-refractivity contribution in [2.45, 2.75) is 26.8 Å². The predicted octanol–water partition coefficient (Wildman–Crippen LogP) is 2.06. The van der Waals surface area contributed by atoms with Gasteiger partial charge in [0.2, 0.25) is 0 Å². The molecule has 0 fully saturated rings. The molecular weight excluding hydrogens is 352 g/mol. The summed E-state index contributed by atoms with van der Waals surface area (Å²) in [4.78, 5) is 36.7. The molecule has 0 saturated heterocycles. The van der Waals surface area contributed by atoms with E-state index in [9.17, 15) is 14.4 Å². The van der Waals surface area contributed by atoms with Crippen molar-refractivity contribution in [2.24, 2.45) is 17.3 Å². The second kappa shape index (κ2) is 8.93. The van der Waals surface area contributed by atoms with Gasteiger partial charge >= 0.3 is 11.9 Å². The summed E-state index contributed by atoms with van der Waals surface area (Å²) in [5.74, 6) is -1.76. The number of azo groups is 1. The van der Waals surface area contributed by atoms with Gasteiger partial charge in [-0.05, 0) is 32.9 Å². The summed E-state index contributed by atoms with van der Waals surface area (Å²) in [7, 11) is 1.71. The van der Waals surface area contributed by atoms with E-state index < -0.39 is 23.5 Å². The Balaban J connectivity index is 2.44. The first-order chi connectivity index (χ1) is 12.9. The summed E-state index contributed by atoms with van der Waals surface area (Å²) < 4.78 is 12.7. The molecule has 0 atom stereocenters. The molecule has 0 aliphatic carbocycles. The smallest absolute Gasteiger partial charge is 0.344 e. The van der Waals surface area contributed by atoms with Gasteiger partial charge < -0.3 is 9.47 Å². The van der Waals surface area contributed by atoms with Crippen LogP contribution in [0.15, 0.2) is 45.4 Å². The number of carbonyl (C=O) groups excluding carboxylic acids is 2. The molecule has 27 heavy (non-hydrogen) atoms. The number of para-hydroxylation sites is 1. The minimum atomic E-state index is -1.57. The highest BCUT2D eigenvalue weighted by atomic mass is 16.6. The van der Waals surface area contributed by atoms with Gasteiger partial charge in [-0.3, -0.25) is 9.48 Å². The number of hydrogen-bond donors (Lipinski definition) is 0. The Morgan fingerprint density at radius 2 is 1.63 bits per heavy atom. The summed E-state index contributed by atoms with van der Waals surface area (Å²) in [6.07, 6.45) is 0. The molecule has 0 N–H and O–H groups in total. The standard InChI is InChI=1S/C18H22N4O5/c1-5-26-17(24)15(18(25)27-6-2)20-19-14-12(3)21(4)22(16(14)23)13-10-8-7-9-11-13/h7-11,15H,5-6H2,1-4H3. The fourth-order valence-corrected chi connectivity index (χ4v) is 2.42. The van der Waals surface area contributed by atoms with Crippen LogP contribution in [0.4, 0.5) is 5.69 Å². The van der Waals surface area contributed by atoms with E-state index in [1.807, 2.05) is 18.2 Å². The number of rotatable bonds is 7. The maximum Gasteiger partial charge on any atom is 0.344 e. The number of carbonyl (C=O) groups is 2. The zero-order valence-corrected chi connectivity index (χ0v) is 15.7. The lowest BCUT2D eigenvalue weighted by molar-refractivity contribution is -0.156. The third kappa shape index (κ3) is 4.30. The third-order valence-electron chi connectivity index (χ3n) is 3.82. The molecule has 0 spiro atoms. The first-order valence-electron chi connectivity index (χ1n) is 8.50. The molecule has 144 valence electrons. The normalized spacial score (nSPS) is 11.1. The number of aromatic nitrogens is 2. The SMILES string of the molecule is CCOC(=O)C(N=Nc1c(C)n(C)n(-c2ccccc2)c1=O)C(=O)OCC. The van der Waals surface area contributed by atoms with Gasteiger partial charge in [0.05, 0.1) is 24.6 Å². The van der Waals surface area contributed by atoms with E-state index in [4.69, 9.17) is 9.47 Å². The van der Waals surface area contributed by atoms with Gasteiger partial charge in [0, 0.05) is 7.05 Å². The first kappa shape index (κ1) is 20.1. The van der Waals surface area contributed by atoms with E-state index in [1.54, 1.807) is 44.6 Å². The molecule has 0 amide bonds. The third-order valence-corrected chi connectivity index (χ3v) is 3.82. The van der Waals surface area contributed by atoms with Crippen molar-refractivity contribution in [2.75, 3.05) is 13.2 Å². The molecule has 0 bridgehead atoms. The van der Waals surface area contributed by atoms with Crippen LogP contribution >= 0.6 is 0 Å². The molecule has 0 aliphatic heterocycles. The lowest BCUT2D eigenvalue weighted by atomic mass is 10.3. The van der Waals surface area contributed by atoms with Crippen LogP contribution in [0.3, 0.4) is 0 Å². The zero-order valence-electron chi connectivity index (χ0n) is 15.7. The molecule has 0 radical (unpaired) electrons. The van der Waals surface area contributed by atoms with Crippen LogP contribution in [0.25, 0.3) is 5.69 Å². The van der Waals surface area contributed by atoms with E-state index in [2.05, 4.69) is 10.2 Å². The summed E-state index contributed by atoms with van der Waals surface area (Å²) in [6.45, 7) is 5.07. The van der Waals surface area contributed by atoms with Gasteiger partial charge in [0.25, 0.3) is 11.6 Å². The molecule has 1 aromatic heterocycles. The molecule has 0 saturated carbocycles. The molecule has 1 aromatic carbocycles. The second-order valence-corrected chi connectivity index (χ2v) is 5.53. The maximum atomic E-state index is 12.8. The zero-order chi connectivity index (χ0) is 20.0. The molecule has 2 rings (SSSR count). The number of hydrogen-bond acceptors (Lipinski definition) is 7. The van der Waals surface area contributed by atoms with Gasteiger partial charge in [-0.2, -0.15) is 5.11 Å². The minimum Gasteiger partial charge on any atom is -0.464 e. The average molecular weight is 374 g/mol. The van der Waals surface area contributed by atoms with Crippen molar-refractivity contribution in [3.63, 3.8) is 0 Å². The van der Waals surface area contributed by atoms with Crippen molar-refractivity contribution >= 4 is 17.6 Å². The van der Waals surface area contributed by atoms with Crippen molar-refractivity contribution in [1.29, 1.82) is 0 Å². The van der Waals surface area contributed by atoms with E-state index in [0.29, 0.717) is 11.4 Å². The fourth-order valence-electron chi connectivity index (χ4n) is 2.42. The quantitative estimate of drug-likeness (QED) is 0.419. The molecular formula is C18H22N4O5. The largest absolute Gasteiger partial charge is 0.464 e. The molecule has 9 nitrogen and oxygen atoms in total. The molecule has 1 heterocycles. The van der Waals surface area contributed by atoms with E-state index >= 15 is 0 Å². The number of benzene rings is 1. The Morgan fingerprint density at radius 3 is 2.15 bits per heavy atom. The second-order valence-electron chi connectivity index (χ2n) is 5.53. The highest BCUT2D eigenvalue weighted by Gasteiger charge is 2.30. The van der Waals surface area contributed by atoms with Gasteiger partial charge in [-0.1, -0.05) is 18.2 Å². The van der Waals surface area contributed by atoms with Gasteiger partial charge in [-0.25, -0.2) is 14.3 Å². The van der Waals surface area contributed by atoms with Crippen LogP contribution in [-0.4, -0.2) is 40.6 Å². The van der Waals surface area contributed by atoms with Crippen molar-refractivity contribution in [3.05, 3.63) is 46.4 Å². The summed E-state index contributed by atoms with van der Waals surface area (Å²) in [5.41, 5.74) is 0.789. The van der Waals surface area contributed by atoms with Crippen LogP contribution in [-0.2, 0) is 26.1 Å². The number of nitrogens with zero attached hydrogens (tertiary/aromatic N) is 4. The molecule has 2 aromatic rings. The molecule has 0 unspecified atom stereocenters. The van der Waals surface area contributed by atoms with Crippen molar-refractivity contribution in [3.8, 4) is 5.69 Å². The Hall–Kier alpha value is -3.23. The van der Waals surface area contributed by atoms with Crippen LogP contribution in [0.5, 0.6) is 0 Å². The maximum absolute atomic E-state index is 12.8. The summed E-state index contributed by atoms with van der Waals surface area (Å²) >= 11 is 0. The Labute approximate surface area is 156 Å². The summed E-state index contributed by atoms with van der Waals surface area (Å²) in [5, 5.41) is 7.64. The highest BCUT2D eigenvalue weighted by molar-refractivity contribution is 5.99. The Morgan fingerprint density at radius 1 is 1.07 bits per heavy atom. The van der Waals surface area contributed by atoms with Gasteiger partial charge in [0.15, 0.2) is 5.69 Å². The van der Waals surface area contributed by atoms with Crippen LogP contribution < -0.4 is 5.56 Å². The first-order valence-corrected chi connectivity index (χ1v) is 8.50. The predicted molar refractivity (Wildman–Crippen MR) is 97.3 cm³/mol. The molecule has 0 aliphatic rings. The van der Waals surface area contributed by atoms with Crippen molar-refractivity contribution in [1.82, 2.24) is 9.36 Å².